The second kappa shape index (κ2) is 8.55. The lowest BCUT2D eigenvalue weighted by Crippen LogP contribution is -2.29. The lowest BCUT2D eigenvalue weighted by Gasteiger charge is -2.26. The first-order valence-electron chi connectivity index (χ1n) is 11.9. The number of ether oxygens (including phenoxy) is 1. The van der Waals surface area contributed by atoms with Gasteiger partial charge in [-0.15, -0.1) is 0 Å². The van der Waals surface area contributed by atoms with Gasteiger partial charge in [0, 0.05) is 26.2 Å². The molecule has 2 aliphatic rings. The first-order chi connectivity index (χ1) is 16.7. The van der Waals surface area contributed by atoms with Gasteiger partial charge in [-0.1, -0.05) is 0 Å². The van der Waals surface area contributed by atoms with E-state index in [4.69, 9.17) is 8.85 Å². The number of halogens is 3. The molecular formula is C21H23F3N6O2. The predicted octanol–water partition coefficient (Wildman–Crippen LogP) is 3.66. The number of hydrogen-bond acceptors (Lipinski definition) is 7. The molecule has 170 valence electrons. The second-order valence-electron chi connectivity index (χ2n) is 7.77. The fourth-order valence-electron chi connectivity index (χ4n) is 3.91. The van der Waals surface area contributed by atoms with E-state index in [1.807, 2.05) is 0 Å². The van der Waals surface area contributed by atoms with Gasteiger partial charge in [-0.05, 0) is 32.1 Å². The summed E-state index contributed by atoms with van der Waals surface area (Å²) in [6.45, 7) is -1.73. The van der Waals surface area contributed by atoms with Gasteiger partial charge in [0.2, 0.25) is 11.9 Å². The minimum atomic E-state index is -2.06. The van der Waals surface area contributed by atoms with Crippen molar-refractivity contribution < 1.29 is 27.1 Å². The number of anilines is 3. The van der Waals surface area contributed by atoms with Crippen LogP contribution in [0.5, 0.6) is 0 Å². The Hall–Kier alpha value is -2.92. The molecule has 3 atom stereocenters. The van der Waals surface area contributed by atoms with Gasteiger partial charge in [-0.25, -0.2) is 23.1 Å². The molecule has 0 spiro atoms. The van der Waals surface area contributed by atoms with Crippen LogP contribution in [-0.4, -0.2) is 50.0 Å². The smallest absolute Gasteiger partial charge is 0.224 e. The molecule has 1 aromatic carbocycles. The Morgan fingerprint density at radius 1 is 1.16 bits per heavy atom. The van der Waals surface area contributed by atoms with E-state index in [1.165, 1.54) is 6.20 Å². The molecule has 11 heteroatoms. The number of nitrogens with zero attached hydrogens (tertiary/aromatic N) is 4. The zero-order chi connectivity index (χ0) is 24.9. The van der Waals surface area contributed by atoms with Crippen molar-refractivity contribution in [2.75, 3.05) is 23.8 Å². The maximum atomic E-state index is 14.4. The lowest BCUT2D eigenvalue weighted by atomic mass is 9.93. The van der Waals surface area contributed by atoms with Crippen LogP contribution in [0.3, 0.4) is 0 Å². The molecular weight excluding hydrogens is 425 g/mol. The topological polar surface area (TPSA) is 97.1 Å². The van der Waals surface area contributed by atoms with Crippen molar-refractivity contribution in [2.24, 2.45) is 0 Å². The van der Waals surface area contributed by atoms with Gasteiger partial charge in [-0.2, -0.15) is 4.98 Å². The van der Waals surface area contributed by atoms with Gasteiger partial charge in [0.1, 0.15) is 17.0 Å². The molecule has 2 aromatic heterocycles. The quantitative estimate of drug-likeness (QED) is 0.545. The van der Waals surface area contributed by atoms with E-state index in [-0.39, 0.29) is 41.8 Å². The number of benzene rings is 1. The standard InChI is InChI=1S/C21H23F3N6O2/c22-11-7-15(23)18(16(24)8-11)28-21-27-17-9-25-20(26-12-1-3-14(31)4-2-12)29-19(17)30(21)13-5-6-32-10-13/h7-9,12-14,31H,1-6,10H2,(H,27,28)(H,25,26,29)/i5D,10D,13D. The van der Waals surface area contributed by atoms with Crippen LogP contribution in [-0.2, 0) is 4.74 Å². The average molecular weight is 451 g/mol. The highest BCUT2D eigenvalue weighted by atomic mass is 19.1. The van der Waals surface area contributed by atoms with Crippen molar-refractivity contribution in [3.8, 4) is 0 Å². The molecule has 1 aliphatic heterocycles. The van der Waals surface area contributed by atoms with Gasteiger partial charge < -0.3 is 20.5 Å². The van der Waals surface area contributed by atoms with E-state index in [0.29, 0.717) is 37.8 Å². The number of rotatable bonds is 5. The Morgan fingerprint density at radius 3 is 2.59 bits per heavy atom. The van der Waals surface area contributed by atoms with Crippen LogP contribution in [0.25, 0.3) is 11.2 Å². The molecule has 3 aromatic rings. The molecule has 1 saturated carbocycles. The van der Waals surface area contributed by atoms with Crippen LogP contribution >= 0.6 is 0 Å². The highest BCUT2D eigenvalue weighted by Gasteiger charge is 2.27. The lowest BCUT2D eigenvalue weighted by molar-refractivity contribution is 0.126. The van der Waals surface area contributed by atoms with Crippen molar-refractivity contribution in [1.29, 1.82) is 0 Å². The number of aliphatic hydroxyl groups excluding tert-OH is 1. The molecule has 3 unspecified atom stereocenters. The van der Waals surface area contributed by atoms with Gasteiger partial charge in [0.25, 0.3) is 0 Å². The van der Waals surface area contributed by atoms with Crippen LogP contribution in [0.15, 0.2) is 18.3 Å². The molecule has 1 saturated heterocycles. The van der Waals surface area contributed by atoms with E-state index >= 15 is 0 Å². The monoisotopic (exact) mass is 451 g/mol. The van der Waals surface area contributed by atoms with Gasteiger partial charge in [0.05, 0.1) is 27.6 Å². The molecule has 2 fully saturated rings. The molecule has 5 rings (SSSR count). The Morgan fingerprint density at radius 2 is 1.91 bits per heavy atom. The molecule has 32 heavy (non-hydrogen) atoms. The third-order valence-corrected chi connectivity index (χ3v) is 5.52. The molecule has 8 nitrogen and oxygen atoms in total. The number of fused-ring (bicyclic) bond motifs is 1. The largest absolute Gasteiger partial charge is 0.393 e. The third kappa shape index (κ3) is 4.09. The number of aliphatic hydroxyl groups is 1. The molecule has 3 heterocycles. The normalized spacial score (nSPS) is 31.8. The summed E-state index contributed by atoms with van der Waals surface area (Å²) in [6, 6.07) is -1.06. The first-order valence-corrected chi connectivity index (χ1v) is 10.2. The van der Waals surface area contributed by atoms with Gasteiger partial charge in [-0.3, -0.25) is 4.57 Å². The third-order valence-electron chi connectivity index (χ3n) is 5.52. The molecule has 0 bridgehead atoms. The fourth-order valence-corrected chi connectivity index (χ4v) is 3.91. The minimum absolute atomic E-state index is 0.0137. The Bertz CT molecular complexity index is 1220. The van der Waals surface area contributed by atoms with Crippen molar-refractivity contribution >= 4 is 28.7 Å². The summed E-state index contributed by atoms with van der Waals surface area (Å²) in [5.41, 5.74) is -0.502. The Balaban J connectivity index is 1.60. The predicted molar refractivity (Wildman–Crippen MR) is 111 cm³/mol. The highest BCUT2D eigenvalue weighted by molar-refractivity contribution is 5.76. The molecule has 0 amide bonds. The molecule has 0 radical (unpaired) electrons. The maximum Gasteiger partial charge on any atom is 0.224 e. The average Bonchev–Trinajstić information content (AvgIpc) is 3.30. The van der Waals surface area contributed by atoms with Crippen LogP contribution < -0.4 is 10.6 Å². The summed E-state index contributed by atoms with van der Waals surface area (Å²) in [4.78, 5) is 13.0. The van der Waals surface area contributed by atoms with Crippen LogP contribution in [0.2, 0.25) is 0 Å². The zero-order valence-corrected chi connectivity index (χ0v) is 16.9. The van der Waals surface area contributed by atoms with Crippen molar-refractivity contribution in [3.05, 3.63) is 35.8 Å². The zero-order valence-electron chi connectivity index (χ0n) is 19.9. The Kier molecular flexibility index (Phi) is 4.71. The van der Waals surface area contributed by atoms with Gasteiger partial charge in [0.15, 0.2) is 17.3 Å². The van der Waals surface area contributed by atoms with Crippen molar-refractivity contribution in [2.45, 2.75) is 50.2 Å². The van der Waals surface area contributed by atoms with Crippen LogP contribution in [0, 0.1) is 17.5 Å². The molecule has 1 aliphatic carbocycles. The second-order valence-corrected chi connectivity index (χ2v) is 7.77. The summed E-state index contributed by atoms with van der Waals surface area (Å²) in [7, 11) is 0. The highest BCUT2D eigenvalue weighted by Crippen LogP contribution is 2.32. The number of imidazole rings is 1. The van der Waals surface area contributed by atoms with Crippen molar-refractivity contribution in [1.82, 2.24) is 19.5 Å². The number of aromatic nitrogens is 4. The van der Waals surface area contributed by atoms with E-state index in [0.717, 1.165) is 4.57 Å². The number of hydrogen-bond donors (Lipinski definition) is 3. The summed E-state index contributed by atoms with van der Waals surface area (Å²) in [5, 5.41) is 15.4. The fraction of sp³-hybridized carbons (Fsp3) is 0.476. The van der Waals surface area contributed by atoms with E-state index in [9.17, 15) is 18.3 Å². The Labute approximate surface area is 186 Å². The summed E-state index contributed by atoms with van der Waals surface area (Å²) in [6.07, 6.45) is 2.46. The maximum absolute atomic E-state index is 14.4. The van der Waals surface area contributed by atoms with Crippen LogP contribution in [0.4, 0.5) is 30.8 Å². The van der Waals surface area contributed by atoms with Crippen LogP contribution in [0.1, 0.15) is 42.2 Å². The molecule has 3 N–H and O–H groups in total. The summed E-state index contributed by atoms with van der Waals surface area (Å²) < 4.78 is 74.0. The van der Waals surface area contributed by atoms with Crippen molar-refractivity contribution in [3.63, 3.8) is 0 Å². The first kappa shape index (κ1) is 17.6. The van der Waals surface area contributed by atoms with E-state index in [1.54, 1.807) is 0 Å². The SMILES string of the molecule is [2H]C1COC([2H])C1([2H])n1c(Nc2c(F)cc(F)cc2F)nc2cnc(NC3CCC(O)CC3)nc21. The summed E-state index contributed by atoms with van der Waals surface area (Å²) >= 11 is 0. The number of nitrogens with one attached hydrogen (secondary N) is 2. The minimum Gasteiger partial charge on any atom is -0.393 e. The van der Waals surface area contributed by atoms with Gasteiger partial charge >= 0.3 is 0 Å². The van der Waals surface area contributed by atoms with E-state index in [2.05, 4.69) is 25.6 Å². The summed E-state index contributed by atoms with van der Waals surface area (Å²) in [5.74, 6) is -3.61. The van der Waals surface area contributed by atoms with E-state index < -0.39 is 42.1 Å².